The number of thiophene rings is 1. The van der Waals surface area contributed by atoms with Gasteiger partial charge in [0.15, 0.2) is 0 Å². The highest BCUT2D eigenvalue weighted by molar-refractivity contribution is 7.16. The van der Waals surface area contributed by atoms with Gasteiger partial charge in [-0.25, -0.2) is 4.79 Å². The summed E-state index contributed by atoms with van der Waals surface area (Å²) in [5.74, 6) is -0.856. The zero-order chi connectivity index (χ0) is 15.9. The van der Waals surface area contributed by atoms with E-state index in [0.717, 1.165) is 41.1 Å². The second kappa shape index (κ2) is 5.48. The van der Waals surface area contributed by atoms with Gasteiger partial charge in [0.25, 0.3) is 0 Å². The molecule has 0 aromatic carbocycles. The highest BCUT2D eigenvalue weighted by Gasteiger charge is 2.33. The van der Waals surface area contributed by atoms with Crippen LogP contribution >= 0.6 is 11.3 Å². The largest absolute Gasteiger partial charge is 0.478 e. The van der Waals surface area contributed by atoms with Crippen LogP contribution in [0, 0.1) is 5.41 Å². The molecule has 3 N–H and O–H groups in total. The number of aryl methyl sites for hydroxylation is 1. The van der Waals surface area contributed by atoms with Crippen molar-refractivity contribution in [3.05, 3.63) is 39.9 Å². The normalized spacial score (nSPS) is 16.3. The first-order valence-electron chi connectivity index (χ1n) is 7.45. The third-order valence-corrected chi connectivity index (χ3v) is 5.55. The molecule has 22 heavy (non-hydrogen) atoms. The Morgan fingerprint density at radius 1 is 1.45 bits per heavy atom. The molecule has 0 bridgehead atoms. The monoisotopic (exact) mass is 316 g/mol. The predicted molar refractivity (Wildman–Crippen MR) is 88.2 cm³/mol. The molecule has 116 valence electrons. The Morgan fingerprint density at radius 2 is 2.23 bits per heavy atom. The molecule has 1 aliphatic rings. The average Bonchev–Trinajstić information content (AvgIpc) is 2.84. The molecule has 1 aliphatic carbocycles. The summed E-state index contributed by atoms with van der Waals surface area (Å²) in [4.78, 5) is 18.3. The Hall–Kier alpha value is -1.72. The van der Waals surface area contributed by atoms with Gasteiger partial charge in [0.1, 0.15) is 0 Å². The molecule has 2 aromatic heterocycles. The molecule has 0 spiro atoms. The molecule has 0 aliphatic heterocycles. The Morgan fingerprint density at radius 3 is 2.91 bits per heavy atom. The van der Waals surface area contributed by atoms with Crippen molar-refractivity contribution >= 4 is 17.3 Å². The van der Waals surface area contributed by atoms with E-state index in [1.54, 1.807) is 11.3 Å². The van der Waals surface area contributed by atoms with E-state index in [-0.39, 0.29) is 5.41 Å². The molecule has 4 nitrogen and oxygen atoms in total. The molecule has 3 rings (SSSR count). The zero-order valence-corrected chi connectivity index (χ0v) is 13.7. The molecule has 0 saturated carbocycles. The Labute approximate surface area is 134 Å². The van der Waals surface area contributed by atoms with Crippen molar-refractivity contribution in [2.75, 3.05) is 0 Å². The summed E-state index contributed by atoms with van der Waals surface area (Å²) in [6, 6.07) is 5.62. The number of rotatable bonds is 3. The van der Waals surface area contributed by atoms with E-state index in [4.69, 9.17) is 5.73 Å². The first kappa shape index (κ1) is 15.2. The minimum Gasteiger partial charge on any atom is -0.478 e. The Kier molecular flexibility index (Phi) is 3.78. The number of aromatic nitrogens is 1. The lowest BCUT2D eigenvalue weighted by atomic mass is 9.76. The lowest BCUT2D eigenvalue weighted by Gasteiger charge is -2.29. The fourth-order valence-corrected chi connectivity index (χ4v) is 4.33. The third kappa shape index (κ3) is 2.66. The lowest BCUT2D eigenvalue weighted by molar-refractivity contribution is 0.0696. The standard InChI is InChI=1S/C17H20N2O2S/c1-17(2)7-6-13-11(8-17)14(16(20)21)15(22-13)12-5-3-4-10(9-18)19-12/h3-5H,6-9,18H2,1-2H3,(H,20,21). The fourth-order valence-electron chi connectivity index (χ4n) is 3.05. The first-order valence-corrected chi connectivity index (χ1v) is 8.27. The number of carboxylic acids is 1. The SMILES string of the molecule is CC1(C)CCc2sc(-c3cccc(CN)n3)c(C(=O)O)c2C1. The van der Waals surface area contributed by atoms with Crippen LogP contribution in [0.3, 0.4) is 0 Å². The number of carbonyl (C=O) groups is 1. The average molecular weight is 316 g/mol. The number of hydrogen-bond acceptors (Lipinski definition) is 4. The van der Waals surface area contributed by atoms with Gasteiger partial charge < -0.3 is 10.8 Å². The topological polar surface area (TPSA) is 76.2 Å². The van der Waals surface area contributed by atoms with Crippen LogP contribution in [0.4, 0.5) is 0 Å². The van der Waals surface area contributed by atoms with E-state index in [0.29, 0.717) is 12.1 Å². The van der Waals surface area contributed by atoms with Crippen molar-refractivity contribution in [3.8, 4) is 10.6 Å². The van der Waals surface area contributed by atoms with Crippen molar-refractivity contribution in [1.29, 1.82) is 0 Å². The zero-order valence-electron chi connectivity index (χ0n) is 12.8. The molecule has 2 heterocycles. The fraction of sp³-hybridized carbons (Fsp3) is 0.412. The summed E-state index contributed by atoms with van der Waals surface area (Å²) in [5, 5.41) is 9.72. The molecule has 2 aromatic rings. The van der Waals surface area contributed by atoms with Crippen LogP contribution in [0.15, 0.2) is 18.2 Å². The van der Waals surface area contributed by atoms with Crippen LogP contribution in [0.2, 0.25) is 0 Å². The highest BCUT2D eigenvalue weighted by Crippen LogP contribution is 2.44. The van der Waals surface area contributed by atoms with E-state index in [9.17, 15) is 9.90 Å². The summed E-state index contributed by atoms with van der Waals surface area (Å²) in [6.07, 6.45) is 2.86. The van der Waals surface area contributed by atoms with Gasteiger partial charge in [-0.2, -0.15) is 0 Å². The van der Waals surface area contributed by atoms with Gasteiger partial charge in [-0.3, -0.25) is 4.98 Å². The van der Waals surface area contributed by atoms with Crippen molar-refractivity contribution in [3.63, 3.8) is 0 Å². The Balaban J connectivity index is 2.16. The molecule has 0 saturated heterocycles. The quantitative estimate of drug-likeness (QED) is 0.909. The van der Waals surface area contributed by atoms with Crippen LogP contribution in [-0.4, -0.2) is 16.1 Å². The number of nitrogens with zero attached hydrogens (tertiary/aromatic N) is 1. The number of aromatic carboxylic acids is 1. The Bertz CT molecular complexity index is 734. The van der Waals surface area contributed by atoms with Crippen LogP contribution in [-0.2, 0) is 19.4 Å². The number of fused-ring (bicyclic) bond motifs is 1. The minimum atomic E-state index is -0.856. The van der Waals surface area contributed by atoms with E-state index >= 15 is 0 Å². The molecule has 0 atom stereocenters. The smallest absolute Gasteiger partial charge is 0.337 e. The van der Waals surface area contributed by atoms with Crippen LogP contribution < -0.4 is 5.73 Å². The summed E-state index contributed by atoms with van der Waals surface area (Å²) >= 11 is 1.58. The van der Waals surface area contributed by atoms with E-state index in [1.807, 2.05) is 18.2 Å². The van der Waals surface area contributed by atoms with Gasteiger partial charge in [0.2, 0.25) is 0 Å². The number of nitrogens with two attached hydrogens (primary N) is 1. The van der Waals surface area contributed by atoms with Gasteiger partial charge in [-0.1, -0.05) is 19.9 Å². The first-order chi connectivity index (χ1) is 10.4. The van der Waals surface area contributed by atoms with Gasteiger partial charge in [-0.05, 0) is 42.4 Å². The predicted octanol–water partition coefficient (Wildman–Crippen LogP) is 3.48. The van der Waals surface area contributed by atoms with Gasteiger partial charge in [0.05, 0.1) is 21.8 Å². The molecule has 0 fully saturated rings. The summed E-state index contributed by atoms with van der Waals surface area (Å²) in [6.45, 7) is 4.76. The van der Waals surface area contributed by atoms with E-state index in [2.05, 4.69) is 18.8 Å². The molecular weight excluding hydrogens is 296 g/mol. The maximum Gasteiger partial charge on any atom is 0.337 e. The van der Waals surface area contributed by atoms with Crippen LogP contribution in [0.5, 0.6) is 0 Å². The summed E-state index contributed by atoms with van der Waals surface area (Å²) in [7, 11) is 0. The number of carboxylic acid groups (broad SMARTS) is 1. The summed E-state index contributed by atoms with van der Waals surface area (Å²) < 4.78 is 0. The minimum absolute atomic E-state index is 0.155. The maximum absolute atomic E-state index is 11.8. The summed E-state index contributed by atoms with van der Waals surface area (Å²) in [5.41, 5.74) is 8.75. The second-order valence-electron chi connectivity index (χ2n) is 6.57. The van der Waals surface area contributed by atoms with Crippen LogP contribution in [0.25, 0.3) is 10.6 Å². The van der Waals surface area contributed by atoms with Gasteiger partial charge in [-0.15, -0.1) is 11.3 Å². The molecular formula is C17H20N2O2S. The number of hydrogen-bond donors (Lipinski definition) is 2. The van der Waals surface area contributed by atoms with Crippen molar-refractivity contribution in [2.24, 2.45) is 11.1 Å². The van der Waals surface area contributed by atoms with E-state index in [1.165, 1.54) is 4.88 Å². The van der Waals surface area contributed by atoms with Crippen molar-refractivity contribution in [1.82, 2.24) is 4.98 Å². The molecule has 0 unspecified atom stereocenters. The second-order valence-corrected chi connectivity index (χ2v) is 7.68. The molecule has 5 heteroatoms. The molecule has 0 amide bonds. The highest BCUT2D eigenvalue weighted by atomic mass is 32.1. The van der Waals surface area contributed by atoms with Crippen molar-refractivity contribution in [2.45, 2.75) is 39.7 Å². The lowest BCUT2D eigenvalue weighted by Crippen LogP contribution is -2.22. The van der Waals surface area contributed by atoms with Crippen molar-refractivity contribution < 1.29 is 9.90 Å². The van der Waals surface area contributed by atoms with Crippen LogP contribution in [0.1, 0.15) is 46.8 Å². The van der Waals surface area contributed by atoms with E-state index < -0.39 is 5.97 Å². The maximum atomic E-state index is 11.8. The van der Waals surface area contributed by atoms with Gasteiger partial charge in [0, 0.05) is 11.4 Å². The molecule has 0 radical (unpaired) electrons. The number of pyridine rings is 1. The van der Waals surface area contributed by atoms with Gasteiger partial charge >= 0.3 is 5.97 Å². The third-order valence-electron chi connectivity index (χ3n) is 4.24.